The Hall–Kier alpha value is -0.633. The number of hydrogen-bond acceptors (Lipinski definition) is 5. The summed E-state index contributed by atoms with van der Waals surface area (Å²) in [5.74, 6) is 0. The van der Waals surface area contributed by atoms with Crippen molar-refractivity contribution < 1.29 is 23.8 Å². The highest BCUT2D eigenvalue weighted by Crippen LogP contribution is 2.41. The van der Waals surface area contributed by atoms with Gasteiger partial charge in [-0.15, -0.1) is 0 Å². The van der Waals surface area contributed by atoms with Crippen LogP contribution in [-0.4, -0.2) is 68.5 Å². The largest absolute Gasteiger partial charge is 0.444 e. The van der Waals surface area contributed by atoms with Crippen molar-refractivity contribution in [2.75, 3.05) is 26.8 Å². The molecule has 1 fully saturated rings. The molecule has 0 unspecified atom stereocenters. The van der Waals surface area contributed by atoms with Crippen molar-refractivity contribution in [3.05, 3.63) is 0 Å². The predicted molar refractivity (Wildman–Crippen MR) is 101 cm³/mol. The van der Waals surface area contributed by atoms with Gasteiger partial charge in [0.25, 0.3) is 0 Å². The highest BCUT2D eigenvalue weighted by molar-refractivity contribution is 6.74. The summed E-state index contributed by atoms with van der Waals surface area (Å²) in [4.78, 5) is 14.2. The third kappa shape index (κ3) is 5.42. The predicted octanol–water partition coefficient (Wildman–Crippen LogP) is 3.40. The van der Waals surface area contributed by atoms with Gasteiger partial charge < -0.3 is 23.9 Å². The summed E-state index contributed by atoms with van der Waals surface area (Å²) in [7, 11) is -0.434. The number of ether oxygens (including phenoxy) is 2. The van der Waals surface area contributed by atoms with Crippen molar-refractivity contribution >= 4 is 14.4 Å². The van der Waals surface area contributed by atoms with Gasteiger partial charge in [-0.05, 0) is 38.9 Å². The van der Waals surface area contributed by atoms with Crippen LogP contribution in [0.3, 0.4) is 0 Å². The molecule has 0 aromatic carbocycles. The van der Waals surface area contributed by atoms with Gasteiger partial charge in [0.15, 0.2) is 8.32 Å². The molecule has 1 heterocycles. The molecule has 1 rings (SSSR count). The Labute approximate surface area is 153 Å². The molecule has 0 aromatic rings. The summed E-state index contributed by atoms with van der Waals surface area (Å²) in [6.45, 7) is 17.2. The standard InChI is InChI=1S/C18H37NO5Si/c1-16(2,3)23-15(21)19-12-14(18(13-19,22-7)10-11-20)24-25(8,9)17(4,5)6/h14,20H,10-13H2,1-9H3/t14-,18+/m0/s1. The lowest BCUT2D eigenvalue weighted by Crippen LogP contribution is -2.53. The second kappa shape index (κ2) is 7.54. The fourth-order valence-electron chi connectivity index (χ4n) is 2.73. The average Bonchev–Trinajstić information content (AvgIpc) is 2.75. The second-order valence-corrected chi connectivity index (χ2v) is 14.2. The summed E-state index contributed by atoms with van der Waals surface area (Å²) in [6.07, 6.45) is -0.228. The van der Waals surface area contributed by atoms with Gasteiger partial charge in [-0.1, -0.05) is 20.8 Å². The zero-order chi connectivity index (χ0) is 19.7. The van der Waals surface area contributed by atoms with Crippen LogP contribution in [0, 0.1) is 0 Å². The van der Waals surface area contributed by atoms with Crippen LogP contribution in [0.2, 0.25) is 18.1 Å². The van der Waals surface area contributed by atoms with E-state index in [0.29, 0.717) is 19.5 Å². The number of carbonyl (C=O) groups is 1. The molecule has 1 N–H and O–H groups in total. The molecule has 148 valence electrons. The van der Waals surface area contributed by atoms with E-state index in [2.05, 4.69) is 33.9 Å². The molecule has 0 aromatic heterocycles. The lowest BCUT2D eigenvalue weighted by Gasteiger charge is -2.42. The van der Waals surface area contributed by atoms with Crippen molar-refractivity contribution in [2.45, 2.75) is 83.4 Å². The van der Waals surface area contributed by atoms with E-state index >= 15 is 0 Å². The molecule has 0 saturated carbocycles. The SMILES string of the molecule is CO[C@]1(CCO)CN(C(=O)OC(C)(C)C)C[C@@H]1O[Si](C)(C)C(C)(C)C. The van der Waals surface area contributed by atoms with Crippen molar-refractivity contribution in [3.8, 4) is 0 Å². The molecular weight excluding hydrogens is 338 g/mol. The number of aliphatic hydroxyl groups is 1. The number of aliphatic hydroxyl groups excluding tert-OH is 1. The minimum absolute atomic E-state index is 0.0205. The summed E-state index contributed by atoms with van der Waals surface area (Å²) >= 11 is 0. The average molecular weight is 376 g/mol. The van der Waals surface area contributed by atoms with Crippen molar-refractivity contribution in [1.82, 2.24) is 4.90 Å². The Kier molecular flexibility index (Phi) is 6.76. The lowest BCUT2D eigenvalue weighted by atomic mass is 9.96. The maximum Gasteiger partial charge on any atom is 0.410 e. The topological polar surface area (TPSA) is 68.2 Å². The summed E-state index contributed by atoms with van der Waals surface area (Å²) in [5, 5.41) is 9.60. The molecular formula is C18H37NO5Si. The third-order valence-electron chi connectivity index (χ3n) is 5.27. The van der Waals surface area contributed by atoms with E-state index in [0.717, 1.165) is 0 Å². The fourth-order valence-corrected chi connectivity index (χ4v) is 4.08. The first kappa shape index (κ1) is 22.4. The highest BCUT2D eigenvalue weighted by Gasteiger charge is 2.53. The third-order valence-corrected chi connectivity index (χ3v) is 9.75. The first-order chi connectivity index (χ1) is 11.2. The maximum absolute atomic E-state index is 12.5. The van der Waals surface area contributed by atoms with Crippen LogP contribution < -0.4 is 0 Å². The van der Waals surface area contributed by atoms with Crippen LogP contribution >= 0.6 is 0 Å². The van der Waals surface area contributed by atoms with E-state index in [1.807, 2.05) is 20.8 Å². The number of amides is 1. The number of hydrogen-bond donors (Lipinski definition) is 1. The van der Waals surface area contributed by atoms with E-state index in [1.54, 1.807) is 12.0 Å². The molecule has 0 bridgehead atoms. The monoisotopic (exact) mass is 375 g/mol. The smallest absolute Gasteiger partial charge is 0.410 e. The van der Waals surface area contributed by atoms with Crippen molar-refractivity contribution in [1.29, 1.82) is 0 Å². The lowest BCUT2D eigenvalue weighted by molar-refractivity contribution is -0.0797. The summed E-state index contributed by atoms with van der Waals surface area (Å²) in [6, 6.07) is 0. The summed E-state index contributed by atoms with van der Waals surface area (Å²) in [5.41, 5.74) is -1.26. The number of carbonyl (C=O) groups excluding carboxylic acids is 1. The Morgan fingerprint density at radius 3 is 2.20 bits per heavy atom. The molecule has 7 heteroatoms. The van der Waals surface area contributed by atoms with E-state index in [9.17, 15) is 9.90 Å². The van der Waals surface area contributed by atoms with Gasteiger partial charge in [0.1, 0.15) is 11.2 Å². The molecule has 1 aliphatic heterocycles. The maximum atomic E-state index is 12.5. The molecule has 25 heavy (non-hydrogen) atoms. The van der Waals surface area contributed by atoms with Crippen LogP contribution in [0.15, 0.2) is 0 Å². The number of methoxy groups -OCH3 is 1. The number of nitrogens with zero attached hydrogens (tertiary/aromatic N) is 1. The van der Waals surface area contributed by atoms with Gasteiger partial charge >= 0.3 is 6.09 Å². The first-order valence-corrected chi connectivity index (χ1v) is 11.9. The molecule has 2 atom stereocenters. The highest BCUT2D eigenvalue weighted by atomic mass is 28.4. The van der Waals surface area contributed by atoms with Gasteiger partial charge in [0.2, 0.25) is 0 Å². The second-order valence-electron chi connectivity index (χ2n) is 9.47. The molecule has 1 saturated heterocycles. The number of likely N-dealkylation sites (tertiary alicyclic amines) is 1. The minimum Gasteiger partial charge on any atom is -0.444 e. The first-order valence-electron chi connectivity index (χ1n) is 8.99. The quantitative estimate of drug-likeness (QED) is 0.746. The van der Waals surface area contributed by atoms with Crippen LogP contribution in [0.4, 0.5) is 4.79 Å². The van der Waals surface area contributed by atoms with Gasteiger partial charge in [-0.25, -0.2) is 4.79 Å². The molecule has 0 radical (unpaired) electrons. The van der Waals surface area contributed by atoms with Crippen LogP contribution in [0.1, 0.15) is 48.0 Å². The Bertz CT molecular complexity index is 469. The van der Waals surface area contributed by atoms with E-state index in [1.165, 1.54) is 0 Å². The summed E-state index contributed by atoms with van der Waals surface area (Å²) < 4.78 is 17.9. The van der Waals surface area contributed by atoms with Crippen LogP contribution in [0.5, 0.6) is 0 Å². The van der Waals surface area contributed by atoms with Crippen molar-refractivity contribution in [3.63, 3.8) is 0 Å². The normalized spacial score (nSPS) is 25.4. The minimum atomic E-state index is -2.06. The molecule has 1 aliphatic rings. The van der Waals surface area contributed by atoms with Gasteiger partial charge in [0, 0.05) is 20.1 Å². The van der Waals surface area contributed by atoms with Gasteiger partial charge in [0.05, 0.1) is 19.2 Å². The zero-order valence-corrected chi connectivity index (χ0v) is 18.4. The van der Waals surface area contributed by atoms with E-state index < -0.39 is 19.5 Å². The molecule has 1 amide bonds. The Morgan fingerprint density at radius 2 is 1.80 bits per heavy atom. The van der Waals surface area contributed by atoms with Crippen LogP contribution in [-0.2, 0) is 13.9 Å². The molecule has 0 spiro atoms. The molecule has 0 aliphatic carbocycles. The Balaban J connectivity index is 3.05. The van der Waals surface area contributed by atoms with Crippen LogP contribution in [0.25, 0.3) is 0 Å². The van der Waals surface area contributed by atoms with E-state index in [4.69, 9.17) is 13.9 Å². The zero-order valence-electron chi connectivity index (χ0n) is 17.4. The van der Waals surface area contributed by atoms with Gasteiger partial charge in [-0.3, -0.25) is 0 Å². The molecule has 6 nitrogen and oxygen atoms in total. The fraction of sp³-hybridized carbons (Fsp3) is 0.944. The van der Waals surface area contributed by atoms with Crippen molar-refractivity contribution in [2.24, 2.45) is 0 Å². The number of rotatable bonds is 5. The van der Waals surface area contributed by atoms with E-state index in [-0.39, 0.29) is 23.8 Å². The van der Waals surface area contributed by atoms with Gasteiger partial charge in [-0.2, -0.15) is 0 Å². The Morgan fingerprint density at radius 1 is 1.24 bits per heavy atom.